The number of unbranched alkanes of at least 4 members (excludes halogenated alkanes) is 4. The highest BCUT2D eigenvalue weighted by molar-refractivity contribution is 5.66. The van der Waals surface area contributed by atoms with E-state index in [9.17, 15) is 8.78 Å². The van der Waals surface area contributed by atoms with E-state index < -0.39 is 23.3 Å². The third kappa shape index (κ3) is 6.43. The Morgan fingerprint density at radius 3 is 2.12 bits per heavy atom. The molecule has 0 bridgehead atoms. The highest BCUT2D eigenvalue weighted by Gasteiger charge is 2.27. The zero-order valence-electron chi connectivity index (χ0n) is 20.3. The van der Waals surface area contributed by atoms with Gasteiger partial charge in [-0.05, 0) is 62.1 Å². The van der Waals surface area contributed by atoms with Crippen LogP contribution >= 0.6 is 0 Å². The van der Waals surface area contributed by atoms with Crippen LogP contribution in [0.2, 0.25) is 0 Å². The van der Waals surface area contributed by atoms with Crippen molar-refractivity contribution in [3.63, 3.8) is 0 Å². The molecule has 2 aromatic rings. The molecule has 0 spiro atoms. The summed E-state index contributed by atoms with van der Waals surface area (Å²) in [5.74, 6) is -4.17. The van der Waals surface area contributed by atoms with E-state index in [0.717, 1.165) is 25.7 Å². The Morgan fingerprint density at radius 2 is 1.44 bits per heavy atom. The molecule has 1 saturated carbocycles. The smallest absolute Gasteiger partial charge is 0.201 e. The predicted molar refractivity (Wildman–Crippen MR) is 130 cm³/mol. The quantitative estimate of drug-likeness (QED) is 0.178. The molecular weight excluding hydrogens is 440 g/mol. The van der Waals surface area contributed by atoms with Crippen LogP contribution in [-0.4, -0.2) is 6.61 Å². The molecule has 0 heterocycles. The van der Waals surface area contributed by atoms with Gasteiger partial charge >= 0.3 is 0 Å². The van der Waals surface area contributed by atoms with E-state index in [1.54, 1.807) is 19.1 Å². The van der Waals surface area contributed by atoms with E-state index in [-0.39, 0.29) is 29.4 Å². The van der Waals surface area contributed by atoms with Crippen molar-refractivity contribution in [1.29, 1.82) is 0 Å². The van der Waals surface area contributed by atoms with Gasteiger partial charge in [-0.25, -0.2) is 13.2 Å². The van der Waals surface area contributed by atoms with E-state index in [4.69, 9.17) is 4.74 Å². The first-order valence-electron chi connectivity index (χ1n) is 12.7. The molecule has 0 N–H and O–H groups in total. The van der Waals surface area contributed by atoms with Gasteiger partial charge < -0.3 is 4.74 Å². The van der Waals surface area contributed by atoms with E-state index in [0.29, 0.717) is 11.5 Å². The Balaban J connectivity index is 1.67. The molecule has 0 amide bonds. The lowest BCUT2D eigenvalue weighted by atomic mass is 9.76. The van der Waals surface area contributed by atoms with Crippen LogP contribution in [0.1, 0.15) is 89.5 Å². The fraction of sp³-hybridized carbons (Fsp3) is 0.517. The molecule has 186 valence electrons. The van der Waals surface area contributed by atoms with Gasteiger partial charge in [0.1, 0.15) is 6.61 Å². The van der Waals surface area contributed by atoms with E-state index in [1.807, 2.05) is 0 Å². The summed E-state index contributed by atoms with van der Waals surface area (Å²) in [6.45, 7) is 4.08. The molecule has 0 aliphatic heterocycles. The van der Waals surface area contributed by atoms with Crippen LogP contribution in [-0.2, 0) is 0 Å². The van der Waals surface area contributed by atoms with Crippen LogP contribution in [0.5, 0.6) is 5.75 Å². The Kier molecular flexibility index (Phi) is 10.0. The highest BCUT2D eigenvalue weighted by atomic mass is 19.2. The Hall–Kier alpha value is -2.30. The van der Waals surface area contributed by atoms with E-state index >= 15 is 8.78 Å². The van der Waals surface area contributed by atoms with Crippen LogP contribution < -0.4 is 4.74 Å². The number of hydrogen-bond acceptors (Lipinski definition) is 1. The number of hydrogen-bond donors (Lipinski definition) is 0. The number of rotatable bonds is 11. The van der Waals surface area contributed by atoms with Crippen molar-refractivity contribution in [1.82, 2.24) is 0 Å². The minimum Gasteiger partial charge on any atom is -0.486 e. The summed E-state index contributed by atoms with van der Waals surface area (Å²) in [5.41, 5.74) is -0.251. The van der Waals surface area contributed by atoms with Crippen molar-refractivity contribution >= 4 is 0 Å². The summed E-state index contributed by atoms with van der Waals surface area (Å²) >= 11 is 0. The lowest BCUT2D eigenvalue weighted by molar-refractivity contribution is 0.297. The number of halogens is 4. The highest BCUT2D eigenvalue weighted by Crippen LogP contribution is 2.41. The van der Waals surface area contributed by atoms with Gasteiger partial charge in [0, 0.05) is 11.1 Å². The van der Waals surface area contributed by atoms with Gasteiger partial charge in [0.15, 0.2) is 23.2 Å². The molecule has 2 aromatic carbocycles. The van der Waals surface area contributed by atoms with Crippen molar-refractivity contribution in [2.24, 2.45) is 5.92 Å². The van der Waals surface area contributed by atoms with E-state index in [1.165, 1.54) is 62.8 Å². The molecule has 0 unspecified atom stereocenters. The molecule has 1 fully saturated rings. The first kappa shape index (κ1) is 26.3. The van der Waals surface area contributed by atoms with Crippen molar-refractivity contribution in [2.75, 3.05) is 6.61 Å². The SMILES string of the molecule is C/C=C/COc1ccc(-c2ccc(C3CCC(CCCCCCC)CC3)c(F)c2F)c(F)c1F. The zero-order valence-corrected chi connectivity index (χ0v) is 20.3. The molecule has 34 heavy (non-hydrogen) atoms. The van der Waals surface area contributed by atoms with Crippen LogP contribution in [0.4, 0.5) is 17.6 Å². The van der Waals surface area contributed by atoms with Crippen LogP contribution in [0.15, 0.2) is 36.4 Å². The Labute approximate surface area is 201 Å². The summed E-state index contributed by atoms with van der Waals surface area (Å²) in [4.78, 5) is 0. The number of benzene rings is 2. The molecule has 0 atom stereocenters. The van der Waals surface area contributed by atoms with Crippen molar-refractivity contribution in [2.45, 2.75) is 84.0 Å². The molecule has 0 radical (unpaired) electrons. The Morgan fingerprint density at radius 1 is 0.794 bits per heavy atom. The topological polar surface area (TPSA) is 9.23 Å². The van der Waals surface area contributed by atoms with Crippen molar-refractivity contribution in [3.05, 3.63) is 65.2 Å². The average Bonchev–Trinajstić information content (AvgIpc) is 2.84. The maximum atomic E-state index is 15.0. The molecule has 1 nitrogen and oxygen atoms in total. The molecule has 0 aromatic heterocycles. The van der Waals surface area contributed by atoms with Gasteiger partial charge in [0.2, 0.25) is 5.82 Å². The third-order valence-electron chi connectivity index (χ3n) is 7.02. The molecule has 1 aliphatic rings. The van der Waals surface area contributed by atoms with Crippen molar-refractivity contribution in [3.8, 4) is 16.9 Å². The maximum absolute atomic E-state index is 15.0. The molecular formula is C29H36F4O. The molecule has 5 heteroatoms. The summed E-state index contributed by atoms with van der Waals surface area (Å²) in [6.07, 6.45) is 14.6. The van der Waals surface area contributed by atoms with Crippen molar-refractivity contribution < 1.29 is 22.3 Å². The molecule has 0 saturated heterocycles. The van der Waals surface area contributed by atoms with Gasteiger partial charge in [-0.15, -0.1) is 0 Å². The molecule has 3 rings (SSSR count). The summed E-state index contributed by atoms with van der Waals surface area (Å²) in [7, 11) is 0. The minimum atomic E-state index is -1.25. The van der Waals surface area contributed by atoms with Gasteiger partial charge in [-0.3, -0.25) is 0 Å². The lowest BCUT2D eigenvalue weighted by Crippen LogP contribution is -2.15. The van der Waals surface area contributed by atoms with Gasteiger partial charge in [-0.1, -0.05) is 69.7 Å². The maximum Gasteiger partial charge on any atom is 0.201 e. The second kappa shape index (κ2) is 13.0. The zero-order chi connectivity index (χ0) is 24.5. The fourth-order valence-electron chi connectivity index (χ4n) is 4.97. The standard InChI is InChI=1S/C29H36F4O/c1-3-5-7-8-9-10-20-11-13-21(14-12-20)22-15-16-23(27(31)26(22)30)24-17-18-25(29(33)28(24)32)34-19-6-4-2/h4,6,15-18,20-21H,3,5,7-14,19H2,1-2H3/b6-4+. The van der Waals surface area contributed by atoms with Crippen LogP contribution in [0, 0.1) is 29.2 Å². The van der Waals surface area contributed by atoms with Gasteiger partial charge in [-0.2, -0.15) is 4.39 Å². The summed E-state index contributed by atoms with van der Waals surface area (Å²) in [5, 5.41) is 0. The second-order valence-corrected chi connectivity index (χ2v) is 9.37. The third-order valence-corrected chi connectivity index (χ3v) is 7.02. The monoisotopic (exact) mass is 476 g/mol. The second-order valence-electron chi connectivity index (χ2n) is 9.37. The summed E-state index contributed by atoms with van der Waals surface area (Å²) in [6, 6.07) is 5.38. The first-order chi connectivity index (χ1) is 16.5. The fourth-order valence-corrected chi connectivity index (χ4v) is 4.97. The predicted octanol–water partition coefficient (Wildman–Crippen LogP) is 9.50. The van der Waals surface area contributed by atoms with E-state index in [2.05, 4.69) is 6.92 Å². The summed E-state index contributed by atoms with van der Waals surface area (Å²) < 4.78 is 64.3. The first-order valence-corrected chi connectivity index (χ1v) is 12.7. The average molecular weight is 477 g/mol. The number of ether oxygens (including phenoxy) is 1. The minimum absolute atomic E-state index is 0.0381. The number of allylic oxidation sites excluding steroid dienone is 1. The lowest BCUT2D eigenvalue weighted by Gasteiger charge is -2.29. The largest absolute Gasteiger partial charge is 0.486 e. The van der Waals surface area contributed by atoms with Crippen LogP contribution in [0.3, 0.4) is 0 Å². The van der Waals surface area contributed by atoms with Crippen LogP contribution in [0.25, 0.3) is 11.1 Å². The molecule has 1 aliphatic carbocycles. The Bertz CT molecular complexity index is 961. The normalized spacial score (nSPS) is 18.5. The van der Waals surface area contributed by atoms with Gasteiger partial charge in [0.25, 0.3) is 0 Å². The van der Waals surface area contributed by atoms with Gasteiger partial charge in [0.05, 0.1) is 0 Å².